The highest BCUT2D eigenvalue weighted by Gasteiger charge is 1.95. The minimum absolute atomic E-state index is 0.960. The molecule has 0 spiro atoms. The molecule has 64 valence electrons. The number of hydrazine groups is 1. The molecule has 3 heteroatoms. The molecular formula is C9H12N2S. The van der Waals surface area contributed by atoms with Gasteiger partial charge in [-0.05, 0) is 11.0 Å². The molecule has 2 nitrogen and oxygen atoms in total. The summed E-state index contributed by atoms with van der Waals surface area (Å²) in [5, 5.41) is 1.73. The van der Waals surface area contributed by atoms with E-state index in [1.807, 2.05) is 37.4 Å². The molecular weight excluding hydrogens is 168 g/mol. The van der Waals surface area contributed by atoms with Gasteiger partial charge in [-0.15, -0.1) is 12.6 Å². The zero-order valence-electron chi connectivity index (χ0n) is 6.91. The Balaban J connectivity index is 2.82. The molecule has 1 rings (SSSR count). The Hall–Kier alpha value is -0.930. The monoisotopic (exact) mass is 180 g/mol. The van der Waals surface area contributed by atoms with Gasteiger partial charge in [0.25, 0.3) is 0 Å². The molecule has 0 fully saturated rings. The summed E-state index contributed by atoms with van der Waals surface area (Å²) >= 11 is 4.10. The summed E-state index contributed by atoms with van der Waals surface area (Å²) in [5.74, 6) is 0. The van der Waals surface area contributed by atoms with Crippen LogP contribution in [0.5, 0.6) is 0 Å². The summed E-state index contributed by atoms with van der Waals surface area (Å²) in [6.07, 6.45) is 0. The van der Waals surface area contributed by atoms with E-state index in [9.17, 15) is 0 Å². The minimum atomic E-state index is 0.960. The average molecular weight is 180 g/mol. The minimum Gasteiger partial charge on any atom is -0.321 e. The summed E-state index contributed by atoms with van der Waals surface area (Å²) in [5.41, 5.74) is 7.91. The zero-order valence-corrected chi connectivity index (χ0v) is 7.81. The molecule has 0 unspecified atom stereocenters. The third kappa shape index (κ3) is 2.29. The van der Waals surface area contributed by atoms with E-state index in [1.54, 1.807) is 5.41 Å². The molecule has 0 saturated heterocycles. The Morgan fingerprint density at radius 1 is 1.33 bits per heavy atom. The number of benzene rings is 1. The molecule has 0 atom stereocenters. The molecule has 1 aromatic carbocycles. The summed E-state index contributed by atoms with van der Waals surface area (Å²) in [7, 11) is 1.82. The van der Waals surface area contributed by atoms with Gasteiger partial charge in [-0.2, -0.15) is 0 Å². The van der Waals surface area contributed by atoms with Gasteiger partial charge in [0.1, 0.15) is 0 Å². The van der Waals surface area contributed by atoms with Gasteiger partial charge in [0, 0.05) is 7.05 Å². The summed E-state index contributed by atoms with van der Waals surface area (Å²) in [4.78, 5) is 0. The van der Waals surface area contributed by atoms with Crippen LogP contribution in [0.1, 0.15) is 5.56 Å². The van der Waals surface area contributed by atoms with Crippen LogP contribution in [0.3, 0.4) is 0 Å². The Kier molecular flexibility index (Phi) is 3.70. The Morgan fingerprint density at radius 3 is 2.50 bits per heavy atom. The number of thiol groups is 1. The van der Waals surface area contributed by atoms with Crippen LogP contribution in [0.15, 0.2) is 35.7 Å². The van der Waals surface area contributed by atoms with Crippen molar-refractivity contribution in [2.24, 2.45) is 0 Å². The standard InChI is InChI=1S/C9H12N2S/c1-10-11-9(7-12)8-5-3-2-4-6-8/h2-7,10-12H,1H3/b9-7-. The van der Waals surface area contributed by atoms with E-state index in [2.05, 4.69) is 23.5 Å². The van der Waals surface area contributed by atoms with Crippen LogP contribution in [0.25, 0.3) is 5.70 Å². The van der Waals surface area contributed by atoms with E-state index < -0.39 is 0 Å². The maximum absolute atomic E-state index is 4.10. The molecule has 12 heavy (non-hydrogen) atoms. The van der Waals surface area contributed by atoms with Crippen molar-refractivity contribution in [2.45, 2.75) is 0 Å². The van der Waals surface area contributed by atoms with Crippen LogP contribution >= 0.6 is 12.6 Å². The lowest BCUT2D eigenvalue weighted by molar-refractivity contribution is 0.749. The molecule has 0 saturated carbocycles. The van der Waals surface area contributed by atoms with Gasteiger partial charge in [0.05, 0.1) is 5.70 Å². The molecule has 0 aliphatic carbocycles. The second-order valence-electron chi connectivity index (χ2n) is 2.28. The van der Waals surface area contributed by atoms with Gasteiger partial charge >= 0.3 is 0 Å². The molecule has 0 radical (unpaired) electrons. The molecule has 0 aliphatic heterocycles. The fourth-order valence-electron chi connectivity index (χ4n) is 0.931. The van der Waals surface area contributed by atoms with E-state index in [0.29, 0.717) is 0 Å². The lowest BCUT2D eigenvalue weighted by atomic mass is 10.2. The van der Waals surface area contributed by atoms with Crippen molar-refractivity contribution >= 4 is 18.3 Å². The number of rotatable bonds is 3. The molecule has 0 aliphatic rings. The van der Waals surface area contributed by atoms with Gasteiger partial charge in [0.2, 0.25) is 0 Å². The largest absolute Gasteiger partial charge is 0.321 e. The van der Waals surface area contributed by atoms with E-state index in [0.717, 1.165) is 11.3 Å². The van der Waals surface area contributed by atoms with Crippen molar-refractivity contribution in [3.05, 3.63) is 41.3 Å². The third-order valence-corrected chi connectivity index (χ3v) is 1.73. The Morgan fingerprint density at radius 2 is 2.00 bits per heavy atom. The first-order valence-electron chi connectivity index (χ1n) is 3.71. The zero-order chi connectivity index (χ0) is 8.81. The molecule has 1 aromatic rings. The third-order valence-electron chi connectivity index (χ3n) is 1.47. The van der Waals surface area contributed by atoms with E-state index >= 15 is 0 Å². The summed E-state index contributed by atoms with van der Waals surface area (Å²) in [6.45, 7) is 0. The summed E-state index contributed by atoms with van der Waals surface area (Å²) in [6, 6.07) is 10.0. The number of hydrogen-bond acceptors (Lipinski definition) is 3. The fraction of sp³-hybridized carbons (Fsp3) is 0.111. The van der Waals surface area contributed by atoms with E-state index in [1.165, 1.54) is 0 Å². The second-order valence-corrected chi connectivity index (χ2v) is 2.54. The van der Waals surface area contributed by atoms with Gasteiger partial charge in [-0.3, -0.25) is 0 Å². The van der Waals surface area contributed by atoms with Crippen LogP contribution in [-0.2, 0) is 0 Å². The first-order valence-corrected chi connectivity index (χ1v) is 4.22. The first-order chi connectivity index (χ1) is 5.88. The topological polar surface area (TPSA) is 24.1 Å². The van der Waals surface area contributed by atoms with Crippen LogP contribution < -0.4 is 10.9 Å². The number of nitrogens with one attached hydrogen (secondary N) is 2. The highest BCUT2D eigenvalue weighted by Crippen LogP contribution is 2.10. The van der Waals surface area contributed by atoms with Crippen molar-refractivity contribution < 1.29 is 0 Å². The van der Waals surface area contributed by atoms with Crippen LogP contribution in [0.2, 0.25) is 0 Å². The SMILES string of the molecule is CNN/C(=C\S)c1ccccc1. The van der Waals surface area contributed by atoms with Crippen LogP contribution in [-0.4, -0.2) is 7.05 Å². The van der Waals surface area contributed by atoms with Crippen molar-refractivity contribution in [1.82, 2.24) is 10.9 Å². The van der Waals surface area contributed by atoms with Crippen LogP contribution in [0, 0.1) is 0 Å². The molecule has 0 amide bonds. The molecule has 0 bridgehead atoms. The first kappa shape index (κ1) is 9.16. The Labute approximate surface area is 78.1 Å². The Bertz CT molecular complexity index is 256. The number of hydrogen-bond donors (Lipinski definition) is 3. The average Bonchev–Trinajstić information content (AvgIpc) is 2.15. The van der Waals surface area contributed by atoms with E-state index in [-0.39, 0.29) is 0 Å². The maximum Gasteiger partial charge on any atom is 0.0620 e. The second kappa shape index (κ2) is 4.85. The normalized spacial score (nSPS) is 11.3. The maximum atomic E-state index is 4.10. The molecule has 0 heterocycles. The lowest BCUT2D eigenvalue weighted by Crippen LogP contribution is -2.25. The van der Waals surface area contributed by atoms with Crippen molar-refractivity contribution in [2.75, 3.05) is 7.05 Å². The van der Waals surface area contributed by atoms with Gasteiger partial charge in [0.15, 0.2) is 0 Å². The van der Waals surface area contributed by atoms with Crippen molar-refractivity contribution in [1.29, 1.82) is 0 Å². The predicted octanol–water partition coefficient (Wildman–Crippen LogP) is 1.64. The lowest BCUT2D eigenvalue weighted by Gasteiger charge is -2.07. The van der Waals surface area contributed by atoms with Crippen LogP contribution in [0.4, 0.5) is 0 Å². The van der Waals surface area contributed by atoms with Gasteiger partial charge < -0.3 is 5.43 Å². The molecule has 2 N–H and O–H groups in total. The smallest absolute Gasteiger partial charge is 0.0620 e. The van der Waals surface area contributed by atoms with Crippen molar-refractivity contribution in [3.63, 3.8) is 0 Å². The quantitative estimate of drug-likeness (QED) is 0.486. The van der Waals surface area contributed by atoms with Gasteiger partial charge in [-0.1, -0.05) is 30.3 Å². The predicted molar refractivity (Wildman–Crippen MR) is 55.6 cm³/mol. The summed E-state index contributed by atoms with van der Waals surface area (Å²) < 4.78 is 0. The fourth-order valence-corrected chi connectivity index (χ4v) is 1.14. The van der Waals surface area contributed by atoms with E-state index in [4.69, 9.17) is 0 Å². The highest BCUT2D eigenvalue weighted by atomic mass is 32.1. The molecule has 0 aromatic heterocycles. The van der Waals surface area contributed by atoms with Gasteiger partial charge in [-0.25, -0.2) is 5.43 Å². The highest BCUT2D eigenvalue weighted by molar-refractivity contribution is 7.83. The van der Waals surface area contributed by atoms with Crippen molar-refractivity contribution in [3.8, 4) is 0 Å².